The smallest absolute Gasteiger partial charge is 0.224 e. The van der Waals surface area contributed by atoms with Crippen molar-refractivity contribution >= 4 is 5.91 Å². The van der Waals surface area contributed by atoms with Gasteiger partial charge in [-0.05, 0) is 6.42 Å². The largest absolute Gasteiger partial charge is 0.389 e. The maximum Gasteiger partial charge on any atom is 0.224 e. The number of aliphatic hydroxyl groups is 1. The quantitative estimate of drug-likeness (QED) is 0.859. The summed E-state index contributed by atoms with van der Waals surface area (Å²) < 4.78 is 13.1. The molecular weight excluding hydrogens is 310 g/mol. The lowest BCUT2D eigenvalue weighted by Crippen LogP contribution is -2.68. The lowest BCUT2D eigenvalue weighted by Gasteiger charge is -2.57. The number of carbonyl (C=O) groups excluding carboxylic acids is 1. The van der Waals surface area contributed by atoms with Crippen LogP contribution in [0.4, 0.5) is 0 Å². The molecule has 7 heteroatoms. The number of hydrogen-bond donors (Lipinski definition) is 1. The zero-order valence-electron chi connectivity index (χ0n) is 13.8. The van der Waals surface area contributed by atoms with E-state index >= 15 is 0 Å². The number of rotatable bonds is 3. The molecule has 0 unspecified atom stereocenters. The van der Waals surface area contributed by atoms with E-state index in [0.717, 1.165) is 6.42 Å². The van der Waals surface area contributed by atoms with Crippen LogP contribution in [0.1, 0.15) is 19.3 Å². The van der Waals surface area contributed by atoms with Crippen molar-refractivity contribution in [3.05, 3.63) is 18.7 Å². The van der Waals surface area contributed by atoms with Gasteiger partial charge in [-0.15, -0.1) is 0 Å². The molecule has 1 aromatic rings. The van der Waals surface area contributed by atoms with E-state index in [1.54, 1.807) is 12.5 Å². The van der Waals surface area contributed by atoms with Gasteiger partial charge in [0.25, 0.3) is 0 Å². The normalized spacial score (nSPS) is 36.0. The Morgan fingerprint density at radius 1 is 1.33 bits per heavy atom. The third-order valence-corrected chi connectivity index (χ3v) is 5.92. The van der Waals surface area contributed by atoms with Crippen LogP contribution in [0, 0.1) is 11.8 Å². The molecular formula is C17H25N3O4. The minimum atomic E-state index is -0.759. The molecule has 0 spiro atoms. The molecule has 0 aliphatic carbocycles. The van der Waals surface area contributed by atoms with Gasteiger partial charge < -0.3 is 24.0 Å². The summed E-state index contributed by atoms with van der Waals surface area (Å²) in [6.45, 7) is 3.51. The molecule has 4 heterocycles. The first-order valence-corrected chi connectivity index (χ1v) is 8.81. The molecule has 4 rings (SSSR count). The average Bonchev–Trinajstić information content (AvgIpc) is 3.13. The molecule has 0 aromatic carbocycles. The maximum absolute atomic E-state index is 12.9. The van der Waals surface area contributed by atoms with Crippen LogP contribution in [0.25, 0.3) is 0 Å². The Kier molecular flexibility index (Phi) is 4.32. The molecule has 3 aliphatic rings. The van der Waals surface area contributed by atoms with Crippen molar-refractivity contribution in [1.29, 1.82) is 0 Å². The zero-order chi connectivity index (χ0) is 16.6. The second-order valence-corrected chi connectivity index (χ2v) is 7.15. The highest BCUT2D eigenvalue weighted by atomic mass is 16.5. The second kappa shape index (κ2) is 6.46. The van der Waals surface area contributed by atoms with E-state index in [-0.39, 0.29) is 23.8 Å². The molecule has 4 atom stereocenters. The summed E-state index contributed by atoms with van der Waals surface area (Å²) in [5.41, 5.74) is -0.759. The van der Waals surface area contributed by atoms with Gasteiger partial charge in [-0.25, -0.2) is 4.98 Å². The zero-order valence-corrected chi connectivity index (χ0v) is 13.8. The minimum Gasteiger partial charge on any atom is -0.389 e. The van der Waals surface area contributed by atoms with Crippen molar-refractivity contribution in [2.24, 2.45) is 11.8 Å². The number of aromatic nitrogens is 2. The number of carbonyl (C=O) groups is 1. The Morgan fingerprint density at radius 3 is 3.04 bits per heavy atom. The number of imidazole rings is 1. The molecule has 1 amide bonds. The molecule has 0 saturated carbocycles. The SMILES string of the molecule is O=C(CCn1ccnc1)N1C[C@H]2COCC[C@@]2(O)[C@@H]2COCC[C@@H]21. The first-order valence-electron chi connectivity index (χ1n) is 8.81. The van der Waals surface area contributed by atoms with Crippen molar-refractivity contribution < 1.29 is 19.4 Å². The molecule has 3 aliphatic heterocycles. The van der Waals surface area contributed by atoms with Crippen LogP contribution in [-0.2, 0) is 20.8 Å². The molecule has 7 nitrogen and oxygen atoms in total. The molecule has 1 N–H and O–H groups in total. The van der Waals surface area contributed by atoms with Gasteiger partial charge in [0.05, 0.1) is 25.1 Å². The van der Waals surface area contributed by atoms with Crippen LogP contribution >= 0.6 is 0 Å². The van der Waals surface area contributed by atoms with Gasteiger partial charge in [0.2, 0.25) is 5.91 Å². The van der Waals surface area contributed by atoms with E-state index in [1.165, 1.54) is 0 Å². The molecule has 1 aromatic heterocycles. The van der Waals surface area contributed by atoms with E-state index in [1.807, 2.05) is 15.7 Å². The Morgan fingerprint density at radius 2 is 2.21 bits per heavy atom. The van der Waals surface area contributed by atoms with E-state index in [4.69, 9.17) is 9.47 Å². The molecule has 0 radical (unpaired) electrons. The number of aryl methyl sites for hydroxylation is 1. The highest BCUT2D eigenvalue weighted by Crippen LogP contribution is 2.44. The average molecular weight is 335 g/mol. The van der Waals surface area contributed by atoms with Crippen LogP contribution in [0.15, 0.2) is 18.7 Å². The van der Waals surface area contributed by atoms with Gasteiger partial charge in [-0.1, -0.05) is 0 Å². The number of likely N-dealkylation sites (tertiary alicyclic amines) is 1. The highest BCUT2D eigenvalue weighted by Gasteiger charge is 2.56. The molecule has 132 valence electrons. The predicted octanol–water partition coefficient (Wildman–Crippen LogP) is 0.288. The Balaban J connectivity index is 1.50. The first-order chi connectivity index (χ1) is 11.7. The van der Waals surface area contributed by atoms with Gasteiger partial charge >= 0.3 is 0 Å². The molecule has 3 saturated heterocycles. The predicted molar refractivity (Wildman–Crippen MR) is 85.1 cm³/mol. The number of ether oxygens (including phenoxy) is 2. The summed E-state index contributed by atoms with van der Waals surface area (Å²) in [5.74, 6) is 0.116. The van der Waals surface area contributed by atoms with Crippen molar-refractivity contribution in [3.8, 4) is 0 Å². The molecule has 24 heavy (non-hydrogen) atoms. The first kappa shape index (κ1) is 16.1. The number of hydrogen-bond acceptors (Lipinski definition) is 5. The molecule has 0 bridgehead atoms. The van der Waals surface area contributed by atoms with Gasteiger partial charge in [0.1, 0.15) is 0 Å². The monoisotopic (exact) mass is 335 g/mol. The van der Waals surface area contributed by atoms with Crippen molar-refractivity contribution in [2.75, 3.05) is 33.0 Å². The Bertz CT molecular complexity index is 578. The molecule has 3 fully saturated rings. The topological polar surface area (TPSA) is 76.8 Å². The lowest BCUT2D eigenvalue weighted by molar-refractivity contribution is -0.219. The Labute approximate surface area is 141 Å². The lowest BCUT2D eigenvalue weighted by atomic mass is 9.66. The second-order valence-electron chi connectivity index (χ2n) is 7.15. The number of fused-ring (bicyclic) bond motifs is 3. The summed E-state index contributed by atoms with van der Waals surface area (Å²) in [4.78, 5) is 18.9. The van der Waals surface area contributed by atoms with Crippen molar-refractivity contribution in [3.63, 3.8) is 0 Å². The number of amides is 1. The minimum absolute atomic E-state index is 0.00825. The summed E-state index contributed by atoms with van der Waals surface area (Å²) in [5, 5.41) is 11.3. The van der Waals surface area contributed by atoms with Gasteiger partial charge in [-0.3, -0.25) is 4.79 Å². The van der Waals surface area contributed by atoms with Crippen molar-refractivity contribution in [1.82, 2.24) is 14.5 Å². The fourth-order valence-corrected chi connectivity index (χ4v) is 4.53. The van der Waals surface area contributed by atoms with Crippen LogP contribution in [0.2, 0.25) is 0 Å². The number of piperidine rings is 1. The van der Waals surface area contributed by atoms with Crippen LogP contribution < -0.4 is 0 Å². The van der Waals surface area contributed by atoms with Crippen LogP contribution in [0.5, 0.6) is 0 Å². The van der Waals surface area contributed by atoms with E-state index in [2.05, 4.69) is 4.98 Å². The summed E-state index contributed by atoms with van der Waals surface area (Å²) in [6.07, 6.45) is 7.21. The van der Waals surface area contributed by atoms with E-state index in [0.29, 0.717) is 52.4 Å². The van der Waals surface area contributed by atoms with Gasteiger partial charge in [0.15, 0.2) is 0 Å². The van der Waals surface area contributed by atoms with E-state index in [9.17, 15) is 9.90 Å². The van der Waals surface area contributed by atoms with Crippen LogP contribution in [-0.4, -0.2) is 70.1 Å². The third-order valence-electron chi connectivity index (χ3n) is 5.92. The standard InChI is InChI=1S/C17H25N3O4/c21-16(1-5-19-6-4-18-12-19)20-9-13-10-24-8-3-17(13,22)14-11-23-7-2-15(14)20/h4,6,12-15,22H,1-3,5,7-11H2/t13-,14+,15-,17-/m0/s1. The van der Waals surface area contributed by atoms with E-state index < -0.39 is 5.60 Å². The summed E-state index contributed by atoms with van der Waals surface area (Å²) in [6, 6.07) is 0.0772. The van der Waals surface area contributed by atoms with Crippen LogP contribution in [0.3, 0.4) is 0 Å². The fourth-order valence-electron chi connectivity index (χ4n) is 4.53. The Hall–Kier alpha value is -1.44. The summed E-state index contributed by atoms with van der Waals surface area (Å²) in [7, 11) is 0. The third kappa shape index (κ3) is 2.74. The fraction of sp³-hybridized carbons (Fsp3) is 0.765. The number of nitrogens with zero attached hydrogens (tertiary/aromatic N) is 3. The highest BCUT2D eigenvalue weighted by molar-refractivity contribution is 5.76. The van der Waals surface area contributed by atoms with Gasteiger partial charge in [0, 0.05) is 69.4 Å². The summed E-state index contributed by atoms with van der Waals surface area (Å²) >= 11 is 0. The van der Waals surface area contributed by atoms with Crippen molar-refractivity contribution in [2.45, 2.75) is 37.5 Å². The van der Waals surface area contributed by atoms with Gasteiger partial charge in [-0.2, -0.15) is 0 Å². The maximum atomic E-state index is 12.9.